The van der Waals surface area contributed by atoms with Gasteiger partial charge in [-0.2, -0.15) is 0 Å². The summed E-state index contributed by atoms with van der Waals surface area (Å²) in [5.74, 6) is -0.493. The SMILES string of the molecule is COC(=O)/C=C/C1O[C@H](c2ccccc2)[C@H](C)N1C(=O)CI. The van der Waals surface area contributed by atoms with Crippen LogP contribution in [0, 0.1) is 0 Å². The van der Waals surface area contributed by atoms with Crippen molar-refractivity contribution in [2.24, 2.45) is 0 Å². The molecular weight excluding hydrogens is 397 g/mol. The Bertz CT molecular complexity index is 561. The lowest BCUT2D eigenvalue weighted by molar-refractivity contribution is -0.136. The van der Waals surface area contributed by atoms with Crippen molar-refractivity contribution in [3.8, 4) is 0 Å². The maximum absolute atomic E-state index is 12.2. The third-order valence-electron chi connectivity index (χ3n) is 3.57. The van der Waals surface area contributed by atoms with E-state index in [1.165, 1.54) is 13.2 Å². The molecule has 6 heteroatoms. The van der Waals surface area contributed by atoms with Gasteiger partial charge in [-0.3, -0.25) is 4.79 Å². The number of rotatable bonds is 4. The highest BCUT2D eigenvalue weighted by Gasteiger charge is 2.41. The molecule has 1 aliphatic rings. The summed E-state index contributed by atoms with van der Waals surface area (Å²) in [5.41, 5.74) is 1.01. The van der Waals surface area contributed by atoms with Crippen molar-refractivity contribution >= 4 is 34.5 Å². The Kier molecular flexibility index (Phi) is 5.96. The van der Waals surface area contributed by atoms with E-state index >= 15 is 0 Å². The van der Waals surface area contributed by atoms with Gasteiger partial charge in [-0.25, -0.2) is 4.79 Å². The molecule has 1 aromatic rings. The lowest BCUT2D eigenvalue weighted by Gasteiger charge is -2.24. The fraction of sp³-hybridized carbons (Fsp3) is 0.375. The third-order valence-corrected chi connectivity index (χ3v) is 4.22. The van der Waals surface area contributed by atoms with E-state index in [1.54, 1.807) is 11.0 Å². The summed E-state index contributed by atoms with van der Waals surface area (Å²) in [4.78, 5) is 25.2. The van der Waals surface area contributed by atoms with E-state index < -0.39 is 12.2 Å². The van der Waals surface area contributed by atoms with E-state index in [2.05, 4.69) is 4.74 Å². The summed E-state index contributed by atoms with van der Waals surface area (Å²) >= 11 is 2.03. The van der Waals surface area contributed by atoms with E-state index in [-0.39, 0.29) is 18.1 Å². The zero-order chi connectivity index (χ0) is 16.1. The van der Waals surface area contributed by atoms with Crippen LogP contribution in [-0.4, -0.2) is 40.6 Å². The average molecular weight is 415 g/mol. The van der Waals surface area contributed by atoms with Crippen LogP contribution in [0.3, 0.4) is 0 Å². The fourth-order valence-corrected chi connectivity index (χ4v) is 2.91. The summed E-state index contributed by atoms with van der Waals surface area (Å²) in [5, 5.41) is 0. The minimum atomic E-state index is -0.568. The molecule has 0 aromatic heterocycles. The van der Waals surface area contributed by atoms with Crippen LogP contribution in [0.2, 0.25) is 0 Å². The Morgan fingerprint density at radius 2 is 2.05 bits per heavy atom. The van der Waals surface area contributed by atoms with Gasteiger partial charge < -0.3 is 14.4 Å². The van der Waals surface area contributed by atoms with Crippen LogP contribution in [0.4, 0.5) is 0 Å². The van der Waals surface area contributed by atoms with E-state index in [1.807, 2.05) is 59.8 Å². The molecule has 1 heterocycles. The molecule has 1 amide bonds. The highest BCUT2D eigenvalue weighted by molar-refractivity contribution is 14.1. The molecule has 3 atom stereocenters. The zero-order valence-corrected chi connectivity index (χ0v) is 14.6. The van der Waals surface area contributed by atoms with E-state index in [0.717, 1.165) is 5.56 Å². The molecule has 0 spiro atoms. The molecule has 1 fully saturated rings. The van der Waals surface area contributed by atoms with Gasteiger partial charge in [0.15, 0.2) is 6.23 Å². The second-order valence-electron chi connectivity index (χ2n) is 4.92. The zero-order valence-electron chi connectivity index (χ0n) is 12.4. The standard InChI is InChI=1S/C16H18INO4/c1-11-16(12-6-4-3-5-7-12)22-14(8-9-15(20)21-2)18(11)13(19)10-17/h3-9,11,14,16H,10H2,1-2H3/b9-8+/t11-,14?,16-/m0/s1. The number of hydrogen-bond acceptors (Lipinski definition) is 4. The highest BCUT2D eigenvalue weighted by atomic mass is 127. The molecule has 2 rings (SSSR count). The number of esters is 1. The first-order chi connectivity index (χ1) is 10.6. The first-order valence-corrected chi connectivity index (χ1v) is 8.44. The number of nitrogens with zero attached hydrogens (tertiary/aromatic N) is 1. The molecule has 0 N–H and O–H groups in total. The smallest absolute Gasteiger partial charge is 0.330 e. The molecule has 5 nitrogen and oxygen atoms in total. The Morgan fingerprint density at radius 3 is 2.64 bits per heavy atom. The number of methoxy groups -OCH3 is 1. The molecule has 0 bridgehead atoms. The van der Waals surface area contributed by atoms with Crippen molar-refractivity contribution < 1.29 is 19.1 Å². The second-order valence-corrected chi connectivity index (χ2v) is 5.68. The Morgan fingerprint density at radius 1 is 1.36 bits per heavy atom. The Labute approximate surface area is 143 Å². The minimum absolute atomic E-state index is 0.0222. The largest absolute Gasteiger partial charge is 0.466 e. The van der Waals surface area contributed by atoms with Gasteiger partial charge >= 0.3 is 5.97 Å². The topological polar surface area (TPSA) is 55.8 Å². The van der Waals surface area contributed by atoms with Crippen LogP contribution in [-0.2, 0) is 19.1 Å². The quantitative estimate of drug-likeness (QED) is 0.328. The molecule has 0 aliphatic carbocycles. The van der Waals surface area contributed by atoms with E-state index in [0.29, 0.717) is 4.43 Å². The highest BCUT2D eigenvalue weighted by Crippen LogP contribution is 2.35. The number of carbonyl (C=O) groups excluding carboxylic acids is 2. The number of benzene rings is 1. The molecule has 22 heavy (non-hydrogen) atoms. The van der Waals surface area contributed by atoms with Gasteiger partial charge in [0.25, 0.3) is 0 Å². The van der Waals surface area contributed by atoms with E-state index in [9.17, 15) is 9.59 Å². The monoisotopic (exact) mass is 415 g/mol. The fourth-order valence-electron chi connectivity index (χ4n) is 2.51. The lowest BCUT2D eigenvalue weighted by atomic mass is 10.0. The van der Waals surface area contributed by atoms with Crippen LogP contribution >= 0.6 is 22.6 Å². The number of carbonyl (C=O) groups is 2. The van der Waals surface area contributed by atoms with Crippen LogP contribution in [0.1, 0.15) is 18.6 Å². The predicted molar refractivity (Wildman–Crippen MR) is 90.4 cm³/mol. The number of alkyl halides is 1. The molecule has 0 radical (unpaired) electrons. The molecule has 1 unspecified atom stereocenters. The number of hydrogen-bond donors (Lipinski definition) is 0. The van der Waals surface area contributed by atoms with Crippen LogP contribution in [0.25, 0.3) is 0 Å². The lowest BCUT2D eigenvalue weighted by Crippen LogP contribution is -2.40. The maximum Gasteiger partial charge on any atom is 0.330 e. The first kappa shape index (κ1) is 17.0. The summed E-state index contributed by atoms with van der Waals surface area (Å²) in [6.07, 6.45) is 2.07. The molecule has 1 aliphatic heterocycles. The summed E-state index contributed by atoms with van der Waals surface area (Å²) in [6, 6.07) is 9.64. The normalized spacial score (nSPS) is 24.7. The van der Waals surface area contributed by atoms with Crippen molar-refractivity contribution in [2.75, 3.05) is 11.5 Å². The van der Waals surface area contributed by atoms with Crippen molar-refractivity contribution in [1.82, 2.24) is 4.90 Å². The first-order valence-electron chi connectivity index (χ1n) is 6.92. The number of amides is 1. The third kappa shape index (κ3) is 3.67. The van der Waals surface area contributed by atoms with E-state index in [4.69, 9.17) is 4.74 Å². The maximum atomic E-state index is 12.2. The average Bonchev–Trinajstić information content (AvgIpc) is 2.89. The van der Waals surface area contributed by atoms with Crippen LogP contribution < -0.4 is 0 Å². The summed E-state index contributed by atoms with van der Waals surface area (Å²) in [6.45, 7) is 1.95. The summed E-state index contributed by atoms with van der Waals surface area (Å²) in [7, 11) is 1.31. The van der Waals surface area contributed by atoms with Gasteiger partial charge in [-0.05, 0) is 18.6 Å². The second kappa shape index (κ2) is 7.73. The predicted octanol–water partition coefficient (Wildman–Crippen LogP) is 2.47. The van der Waals surface area contributed by atoms with Crippen molar-refractivity contribution in [1.29, 1.82) is 0 Å². The van der Waals surface area contributed by atoms with Crippen molar-refractivity contribution in [3.05, 3.63) is 48.0 Å². The Balaban J connectivity index is 2.26. The van der Waals surface area contributed by atoms with Crippen molar-refractivity contribution in [2.45, 2.75) is 25.3 Å². The van der Waals surface area contributed by atoms with Gasteiger partial charge in [-0.15, -0.1) is 0 Å². The van der Waals surface area contributed by atoms with Gasteiger partial charge in [0, 0.05) is 6.08 Å². The van der Waals surface area contributed by atoms with Gasteiger partial charge in [0.2, 0.25) is 5.91 Å². The molecule has 118 valence electrons. The van der Waals surface area contributed by atoms with Crippen molar-refractivity contribution in [3.63, 3.8) is 0 Å². The van der Waals surface area contributed by atoms with Gasteiger partial charge in [-0.1, -0.05) is 52.9 Å². The van der Waals surface area contributed by atoms with Crippen LogP contribution in [0.15, 0.2) is 42.5 Å². The van der Waals surface area contributed by atoms with Gasteiger partial charge in [0.05, 0.1) is 17.6 Å². The Hall–Kier alpha value is -1.41. The number of halogens is 1. The molecule has 1 aromatic carbocycles. The number of ether oxygens (including phenoxy) is 2. The minimum Gasteiger partial charge on any atom is -0.466 e. The molecule has 0 saturated carbocycles. The molecular formula is C16H18INO4. The van der Waals surface area contributed by atoms with Crippen LogP contribution in [0.5, 0.6) is 0 Å². The molecule has 1 saturated heterocycles. The van der Waals surface area contributed by atoms with Gasteiger partial charge in [0.1, 0.15) is 6.10 Å². The summed E-state index contributed by atoms with van der Waals surface area (Å²) < 4.78 is 10.9.